The van der Waals surface area contributed by atoms with Crippen LogP contribution in [0.2, 0.25) is 0 Å². The summed E-state index contributed by atoms with van der Waals surface area (Å²) in [6, 6.07) is 7.14. The van der Waals surface area contributed by atoms with Crippen LogP contribution in [0.4, 0.5) is 0 Å². The molecule has 1 fully saturated rings. The van der Waals surface area contributed by atoms with Gasteiger partial charge in [-0.2, -0.15) is 4.31 Å². The Hall–Kier alpha value is -1.13. The number of sulfonamides is 1. The molecule has 1 aliphatic carbocycles. The van der Waals surface area contributed by atoms with Crippen LogP contribution in [0.1, 0.15) is 18.4 Å². The van der Waals surface area contributed by atoms with Gasteiger partial charge in [-0.05, 0) is 43.7 Å². The monoisotopic (exact) mass is 277 g/mol. The second-order valence-electron chi connectivity index (χ2n) is 5.60. The standard InChI is InChI=1S/C15H19NO2S/c1-12-6-8-15(9-7-12)19(17,18)16-10-13-4-2-3-5-14(13)11-16/h2-3,6-9,13-14H,4-5,10-11H2,1H3/t13-,14+. The third kappa shape index (κ3) is 2.35. The number of allylic oxidation sites excluding steroid dienone is 2. The van der Waals surface area contributed by atoms with Crippen molar-refractivity contribution < 1.29 is 8.42 Å². The molecule has 1 saturated heterocycles. The van der Waals surface area contributed by atoms with Crippen LogP contribution in [-0.2, 0) is 10.0 Å². The van der Waals surface area contributed by atoms with Crippen LogP contribution in [0, 0.1) is 18.8 Å². The Bertz CT molecular complexity index is 573. The molecule has 1 aromatic carbocycles. The molecular formula is C15H19NO2S. The molecule has 0 radical (unpaired) electrons. The van der Waals surface area contributed by atoms with Gasteiger partial charge in [0.1, 0.15) is 0 Å². The van der Waals surface area contributed by atoms with Crippen LogP contribution >= 0.6 is 0 Å². The van der Waals surface area contributed by atoms with E-state index in [1.54, 1.807) is 16.4 Å². The highest BCUT2D eigenvalue weighted by molar-refractivity contribution is 7.89. The fraction of sp³-hybridized carbons (Fsp3) is 0.467. The van der Waals surface area contributed by atoms with E-state index in [9.17, 15) is 8.42 Å². The molecule has 0 bridgehead atoms. The molecule has 1 heterocycles. The largest absolute Gasteiger partial charge is 0.243 e. The second kappa shape index (κ2) is 4.76. The van der Waals surface area contributed by atoms with Crippen molar-refractivity contribution >= 4 is 10.0 Å². The second-order valence-corrected chi connectivity index (χ2v) is 7.54. The Morgan fingerprint density at radius 3 is 2.05 bits per heavy atom. The van der Waals surface area contributed by atoms with Crippen molar-refractivity contribution in [3.05, 3.63) is 42.0 Å². The molecule has 0 spiro atoms. The third-order valence-electron chi connectivity index (χ3n) is 4.25. The summed E-state index contributed by atoms with van der Waals surface area (Å²) in [6.45, 7) is 3.31. The minimum Gasteiger partial charge on any atom is -0.207 e. The fourth-order valence-electron chi connectivity index (χ4n) is 3.03. The Morgan fingerprint density at radius 1 is 1.00 bits per heavy atom. The summed E-state index contributed by atoms with van der Waals surface area (Å²) in [5, 5.41) is 0. The smallest absolute Gasteiger partial charge is 0.207 e. The molecule has 2 aliphatic rings. The molecule has 3 rings (SSSR count). The number of hydrogen-bond acceptors (Lipinski definition) is 2. The van der Waals surface area contributed by atoms with Crippen LogP contribution < -0.4 is 0 Å². The Morgan fingerprint density at radius 2 is 1.53 bits per heavy atom. The van der Waals surface area contributed by atoms with E-state index in [2.05, 4.69) is 12.2 Å². The van der Waals surface area contributed by atoms with Crippen molar-refractivity contribution in [2.75, 3.05) is 13.1 Å². The van der Waals surface area contributed by atoms with Gasteiger partial charge in [-0.25, -0.2) is 8.42 Å². The van der Waals surface area contributed by atoms with Crippen LogP contribution in [0.3, 0.4) is 0 Å². The summed E-state index contributed by atoms with van der Waals surface area (Å²) in [5.41, 5.74) is 1.08. The van der Waals surface area contributed by atoms with Gasteiger partial charge in [0.05, 0.1) is 4.90 Å². The van der Waals surface area contributed by atoms with Gasteiger partial charge in [0.2, 0.25) is 10.0 Å². The average Bonchev–Trinajstić information content (AvgIpc) is 2.83. The molecule has 3 nitrogen and oxygen atoms in total. The zero-order valence-corrected chi connectivity index (χ0v) is 11.9. The van der Waals surface area contributed by atoms with E-state index >= 15 is 0 Å². The van der Waals surface area contributed by atoms with Gasteiger partial charge in [-0.15, -0.1) is 0 Å². The molecule has 0 amide bonds. The molecule has 102 valence electrons. The summed E-state index contributed by atoms with van der Waals surface area (Å²) in [4.78, 5) is 0.421. The maximum Gasteiger partial charge on any atom is 0.243 e. The number of rotatable bonds is 2. The average molecular weight is 277 g/mol. The molecule has 19 heavy (non-hydrogen) atoms. The number of hydrogen-bond donors (Lipinski definition) is 0. The Balaban J connectivity index is 1.84. The van der Waals surface area contributed by atoms with Crippen molar-refractivity contribution in [2.45, 2.75) is 24.7 Å². The topological polar surface area (TPSA) is 37.4 Å². The van der Waals surface area contributed by atoms with Gasteiger partial charge < -0.3 is 0 Å². The molecule has 0 aromatic heterocycles. The normalized spacial score (nSPS) is 27.4. The number of benzene rings is 1. The predicted molar refractivity (Wildman–Crippen MR) is 75.3 cm³/mol. The van der Waals surface area contributed by atoms with Gasteiger partial charge in [0, 0.05) is 13.1 Å². The quantitative estimate of drug-likeness (QED) is 0.779. The summed E-state index contributed by atoms with van der Waals surface area (Å²) >= 11 is 0. The van der Waals surface area contributed by atoms with Crippen molar-refractivity contribution in [1.82, 2.24) is 4.31 Å². The summed E-state index contributed by atoms with van der Waals surface area (Å²) in [5.74, 6) is 1.01. The lowest BCUT2D eigenvalue weighted by Crippen LogP contribution is -2.29. The molecule has 1 aliphatic heterocycles. The lowest BCUT2D eigenvalue weighted by molar-refractivity contribution is 0.411. The highest BCUT2D eigenvalue weighted by Gasteiger charge is 2.38. The third-order valence-corrected chi connectivity index (χ3v) is 6.09. The molecule has 0 saturated carbocycles. The van der Waals surface area contributed by atoms with E-state index in [-0.39, 0.29) is 0 Å². The molecule has 0 N–H and O–H groups in total. The van der Waals surface area contributed by atoms with Crippen molar-refractivity contribution in [3.8, 4) is 0 Å². The minimum atomic E-state index is -3.31. The SMILES string of the molecule is Cc1ccc(S(=O)(=O)N2C[C@H]3CC=CC[C@H]3C2)cc1. The van der Waals surface area contributed by atoms with E-state index in [1.807, 2.05) is 19.1 Å². The molecule has 2 atom stereocenters. The van der Waals surface area contributed by atoms with Gasteiger partial charge in [-0.1, -0.05) is 29.8 Å². The zero-order chi connectivity index (χ0) is 13.5. The molecule has 4 heteroatoms. The minimum absolute atomic E-state index is 0.421. The van der Waals surface area contributed by atoms with E-state index in [0.717, 1.165) is 18.4 Å². The van der Waals surface area contributed by atoms with Gasteiger partial charge in [-0.3, -0.25) is 0 Å². The van der Waals surface area contributed by atoms with Crippen molar-refractivity contribution in [2.24, 2.45) is 11.8 Å². The first kappa shape index (κ1) is 12.9. The maximum atomic E-state index is 12.6. The van der Waals surface area contributed by atoms with E-state index < -0.39 is 10.0 Å². The molecule has 1 aromatic rings. The van der Waals surface area contributed by atoms with Gasteiger partial charge >= 0.3 is 0 Å². The van der Waals surface area contributed by atoms with Gasteiger partial charge in [0.25, 0.3) is 0 Å². The van der Waals surface area contributed by atoms with Crippen LogP contribution in [0.25, 0.3) is 0 Å². The van der Waals surface area contributed by atoms with E-state index in [1.165, 1.54) is 0 Å². The fourth-order valence-corrected chi connectivity index (χ4v) is 4.58. The van der Waals surface area contributed by atoms with Gasteiger partial charge in [0.15, 0.2) is 0 Å². The van der Waals surface area contributed by atoms with Crippen LogP contribution in [0.15, 0.2) is 41.3 Å². The van der Waals surface area contributed by atoms with E-state index in [4.69, 9.17) is 0 Å². The summed E-state index contributed by atoms with van der Waals surface area (Å²) in [6.07, 6.45) is 6.40. The lowest BCUT2D eigenvalue weighted by Gasteiger charge is -2.18. The van der Waals surface area contributed by atoms with Crippen LogP contribution in [0.5, 0.6) is 0 Å². The molecular weight excluding hydrogens is 258 g/mol. The number of nitrogens with zero attached hydrogens (tertiary/aromatic N) is 1. The molecule has 0 unspecified atom stereocenters. The highest BCUT2D eigenvalue weighted by Crippen LogP contribution is 2.35. The Kier molecular flexibility index (Phi) is 3.23. The zero-order valence-electron chi connectivity index (χ0n) is 11.1. The first-order valence-electron chi connectivity index (χ1n) is 6.79. The lowest BCUT2D eigenvalue weighted by atomic mass is 9.86. The van der Waals surface area contributed by atoms with Crippen molar-refractivity contribution in [1.29, 1.82) is 0 Å². The summed E-state index contributed by atoms with van der Waals surface area (Å²) < 4.78 is 26.9. The number of fused-ring (bicyclic) bond motifs is 1. The first-order valence-corrected chi connectivity index (χ1v) is 8.23. The predicted octanol–water partition coefficient (Wildman–Crippen LogP) is 2.58. The van der Waals surface area contributed by atoms with Crippen molar-refractivity contribution in [3.63, 3.8) is 0 Å². The summed E-state index contributed by atoms with van der Waals surface area (Å²) in [7, 11) is -3.31. The Labute approximate surface area is 115 Å². The highest BCUT2D eigenvalue weighted by atomic mass is 32.2. The van der Waals surface area contributed by atoms with Crippen LogP contribution in [-0.4, -0.2) is 25.8 Å². The number of aryl methyl sites for hydroxylation is 1. The first-order chi connectivity index (χ1) is 9.07. The van der Waals surface area contributed by atoms with E-state index in [0.29, 0.717) is 29.8 Å². The maximum absolute atomic E-state index is 12.6.